The van der Waals surface area contributed by atoms with E-state index in [-0.39, 0.29) is 10.8 Å². The zero-order valence-electron chi connectivity index (χ0n) is 36.0. The molecule has 12 aromatic rings. The van der Waals surface area contributed by atoms with Crippen molar-refractivity contribution in [2.45, 2.75) is 38.5 Å². The quantitative estimate of drug-likeness (QED) is 0.178. The van der Waals surface area contributed by atoms with E-state index >= 15 is 0 Å². The van der Waals surface area contributed by atoms with Crippen LogP contribution in [0.15, 0.2) is 183 Å². The summed E-state index contributed by atoms with van der Waals surface area (Å²) < 4.78 is 7.30. The summed E-state index contributed by atoms with van der Waals surface area (Å²) in [5.41, 5.74) is 18.6. The van der Waals surface area contributed by atoms with Crippen LogP contribution in [-0.4, -0.2) is 23.7 Å². The summed E-state index contributed by atoms with van der Waals surface area (Å²) in [6, 6.07) is 58.6. The highest BCUT2D eigenvalue weighted by atomic mass is 15.1. The normalized spacial score (nSPS) is 14.5. The van der Waals surface area contributed by atoms with Gasteiger partial charge in [-0.3, -0.25) is 9.97 Å². The fourth-order valence-electron chi connectivity index (χ4n) is 11.8. The summed E-state index contributed by atoms with van der Waals surface area (Å²) in [5, 5.41) is 7.26. The van der Waals surface area contributed by atoms with Crippen molar-refractivity contribution in [3.05, 3.63) is 205 Å². The lowest BCUT2D eigenvalue weighted by molar-refractivity contribution is 0.630. The molecule has 304 valence electrons. The molecule has 64 heavy (non-hydrogen) atoms. The number of benzene rings is 7. The second kappa shape index (κ2) is 12.4. The highest BCUT2D eigenvalue weighted by Crippen LogP contribution is 2.53. The number of nitrogens with zero attached hydrogens (tertiary/aromatic N) is 6. The number of pyridine rings is 2. The van der Waals surface area contributed by atoms with Gasteiger partial charge in [-0.1, -0.05) is 100 Å². The summed E-state index contributed by atoms with van der Waals surface area (Å²) in [4.78, 5) is 11.9. The molecule has 2 aliphatic heterocycles. The van der Waals surface area contributed by atoms with Crippen LogP contribution < -0.4 is 4.90 Å². The average Bonchev–Trinajstić information content (AvgIpc) is 3.97. The Balaban J connectivity index is 1.12. The molecule has 7 heterocycles. The van der Waals surface area contributed by atoms with Gasteiger partial charge in [0.2, 0.25) is 0 Å². The molecule has 6 heteroatoms. The van der Waals surface area contributed by atoms with Crippen molar-refractivity contribution in [2.24, 2.45) is 0 Å². The molecule has 6 nitrogen and oxygen atoms in total. The molecule has 0 N–H and O–H groups in total. The molecule has 0 amide bonds. The van der Waals surface area contributed by atoms with Gasteiger partial charge in [0.25, 0.3) is 0 Å². The van der Waals surface area contributed by atoms with E-state index in [1.54, 1.807) is 0 Å². The number of anilines is 3. The van der Waals surface area contributed by atoms with Crippen molar-refractivity contribution in [2.75, 3.05) is 4.90 Å². The van der Waals surface area contributed by atoms with E-state index in [1.807, 2.05) is 24.8 Å². The maximum atomic E-state index is 4.68. The summed E-state index contributed by atoms with van der Waals surface area (Å²) in [5.74, 6) is 0. The van der Waals surface area contributed by atoms with Crippen LogP contribution in [0.4, 0.5) is 17.1 Å². The van der Waals surface area contributed by atoms with E-state index in [9.17, 15) is 0 Å². The Bertz CT molecular complexity index is 3790. The SMILES string of the molecule is CC1(C)c2ccccc2-n2c3cnccc3c3cc(N(c4ccc5c(c4)c4ccccc4n5-c4ccccc4)c4cc5c6c(c4)c4ccncc4n6-c4ccccc4C5(C)C)cc1c32. The molecule has 0 saturated heterocycles. The summed E-state index contributed by atoms with van der Waals surface area (Å²) in [6.45, 7) is 9.55. The maximum absolute atomic E-state index is 4.68. The van der Waals surface area contributed by atoms with Gasteiger partial charge in [0.15, 0.2) is 0 Å². The van der Waals surface area contributed by atoms with Crippen LogP contribution in [0.1, 0.15) is 49.9 Å². The van der Waals surface area contributed by atoms with Gasteiger partial charge >= 0.3 is 0 Å². The van der Waals surface area contributed by atoms with Gasteiger partial charge in [-0.15, -0.1) is 0 Å². The fraction of sp³-hybridized carbons (Fsp3) is 0.103. The van der Waals surface area contributed by atoms with Crippen LogP contribution in [0.2, 0.25) is 0 Å². The molecule has 0 radical (unpaired) electrons. The van der Waals surface area contributed by atoms with Crippen LogP contribution in [-0.2, 0) is 10.8 Å². The minimum absolute atomic E-state index is 0.288. The van der Waals surface area contributed by atoms with Crippen molar-refractivity contribution >= 4 is 82.5 Å². The van der Waals surface area contributed by atoms with Gasteiger partial charge in [-0.2, -0.15) is 0 Å². The lowest BCUT2D eigenvalue weighted by atomic mass is 9.74. The molecule has 0 aliphatic carbocycles. The Morgan fingerprint density at radius 3 is 1.45 bits per heavy atom. The second-order valence-electron chi connectivity index (χ2n) is 18.7. The number of hydrogen-bond donors (Lipinski definition) is 0. The van der Waals surface area contributed by atoms with Gasteiger partial charge < -0.3 is 18.6 Å². The first-order chi connectivity index (χ1) is 31.3. The predicted molar refractivity (Wildman–Crippen MR) is 264 cm³/mol. The van der Waals surface area contributed by atoms with Gasteiger partial charge in [-0.05, 0) is 107 Å². The van der Waals surface area contributed by atoms with Crippen molar-refractivity contribution in [3.8, 4) is 17.1 Å². The van der Waals surface area contributed by atoms with Crippen molar-refractivity contribution in [1.29, 1.82) is 0 Å². The fourth-order valence-corrected chi connectivity index (χ4v) is 11.8. The first-order valence-electron chi connectivity index (χ1n) is 22.2. The molecule has 14 rings (SSSR count). The lowest BCUT2D eigenvalue weighted by Gasteiger charge is -2.37. The summed E-state index contributed by atoms with van der Waals surface area (Å²) in [7, 11) is 0. The standard InChI is InChI=1S/C58H42N6/c1-57(2)45-17-9-12-20-51(45)63-53-33-59-26-24-40(53)43-29-37(31-47(57)55(43)63)61(36-22-23-50-42(28-36)39-16-8-11-19-49(39)62(50)35-14-6-5-7-15-35)38-30-44-41-25-27-60-34-54(41)64-52-21-13-10-18-46(52)58(3,4)48(32-38)56(44)64/h5-34H,1-4H3. The van der Waals surface area contributed by atoms with Crippen LogP contribution in [0, 0.1) is 0 Å². The largest absolute Gasteiger partial charge is 0.310 e. The van der Waals surface area contributed by atoms with Crippen LogP contribution >= 0.6 is 0 Å². The van der Waals surface area contributed by atoms with E-state index in [4.69, 9.17) is 0 Å². The molecule has 7 aromatic carbocycles. The lowest BCUT2D eigenvalue weighted by Crippen LogP contribution is -2.27. The monoisotopic (exact) mass is 822 g/mol. The second-order valence-corrected chi connectivity index (χ2v) is 18.7. The zero-order chi connectivity index (χ0) is 42.6. The third kappa shape index (κ3) is 4.49. The Labute approximate surface area is 369 Å². The third-order valence-electron chi connectivity index (χ3n) is 14.7. The average molecular weight is 823 g/mol. The van der Waals surface area contributed by atoms with Gasteiger partial charge in [0.05, 0.1) is 56.9 Å². The van der Waals surface area contributed by atoms with E-state index in [2.05, 4.69) is 214 Å². The highest BCUT2D eigenvalue weighted by Gasteiger charge is 2.38. The van der Waals surface area contributed by atoms with Gasteiger partial charge in [0, 0.05) is 78.3 Å². The van der Waals surface area contributed by atoms with E-state index in [1.165, 1.54) is 88.0 Å². The number of aromatic nitrogens is 5. The molecule has 0 unspecified atom stereocenters. The Hall–Kier alpha value is -7.96. The first-order valence-corrected chi connectivity index (χ1v) is 22.2. The molecule has 5 aromatic heterocycles. The topological polar surface area (TPSA) is 43.8 Å². The highest BCUT2D eigenvalue weighted by molar-refractivity contribution is 6.16. The molecular formula is C58H42N6. The zero-order valence-corrected chi connectivity index (χ0v) is 36.0. The van der Waals surface area contributed by atoms with Crippen LogP contribution in [0.5, 0.6) is 0 Å². The van der Waals surface area contributed by atoms with Crippen LogP contribution in [0.25, 0.3) is 82.5 Å². The molecule has 0 fully saturated rings. The number of fused-ring (bicyclic) bond motifs is 13. The number of rotatable bonds is 4. The van der Waals surface area contributed by atoms with Crippen LogP contribution in [0.3, 0.4) is 0 Å². The Morgan fingerprint density at radius 1 is 0.375 bits per heavy atom. The summed E-state index contributed by atoms with van der Waals surface area (Å²) >= 11 is 0. The molecule has 0 bridgehead atoms. The maximum Gasteiger partial charge on any atom is 0.0724 e. The molecular weight excluding hydrogens is 781 g/mol. The van der Waals surface area contributed by atoms with Gasteiger partial charge in [-0.25, -0.2) is 0 Å². The van der Waals surface area contributed by atoms with E-state index < -0.39 is 0 Å². The van der Waals surface area contributed by atoms with E-state index in [0.29, 0.717) is 0 Å². The molecule has 0 saturated carbocycles. The Kier molecular flexibility index (Phi) is 6.88. The van der Waals surface area contributed by atoms with E-state index in [0.717, 1.165) is 33.8 Å². The smallest absolute Gasteiger partial charge is 0.0724 e. The minimum atomic E-state index is -0.288. The third-order valence-corrected chi connectivity index (χ3v) is 14.7. The van der Waals surface area contributed by atoms with Crippen molar-refractivity contribution in [1.82, 2.24) is 23.7 Å². The minimum Gasteiger partial charge on any atom is -0.310 e. The van der Waals surface area contributed by atoms with Crippen molar-refractivity contribution < 1.29 is 0 Å². The predicted octanol–water partition coefficient (Wildman–Crippen LogP) is 14.5. The molecule has 2 aliphatic rings. The molecule has 0 spiro atoms. The first kappa shape index (κ1) is 35.6. The number of para-hydroxylation sites is 4. The Morgan fingerprint density at radius 2 is 0.859 bits per heavy atom. The number of hydrogen-bond acceptors (Lipinski definition) is 3. The summed E-state index contributed by atoms with van der Waals surface area (Å²) in [6.07, 6.45) is 7.94. The van der Waals surface area contributed by atoms with Crippen molar-refractivity contribution in [3.63, 3.8) is 0 Å². The molecule has 0 atom stereocenters. The van der Waals surface area contributed by atoms with Gasteiger partial charge in [0.1, 0.15) is 0 Å².